The van der Waals surface area contributed by atoms with Gasteiger partial charge in [0.2, 0.25) is 5.78 Å². The molecular formula is C17H12ClF2NO6. The number of benzene rings is 2. The molecule has 1 atom stereocenters. The van der Waals surface area contributed by atoms with Crippen molar-refractivity contribution in [1.29, 1.82) is 0 Å². The lowest BCUT2D eigenvalue weighted by Crippen LogP contribution is -2.24. The summed E-state index contributed by atoms with van der Waals surface area (Å²) in [6.45, 7) is -1.69. The van der Waals surface area contributed by atoms with Crippen molar-refractivity contribution < 1.29 is 32.8 Å². The third kappa shape index (κ3) is 5.20. The number of ether oxygens (including phenoxy) is 2. The number of carbonyl (C=O) groups excluding carboxylic acids is 2. The summed E-state index contributed by atoms with van der Waals surface area (Å²) in [5, 5.41) is 10.7. The molecule has 2 aromatic carbocycles. The molecule has 2 rings (SSSR count). The zero-order chi connectivity index (χ0) is 20.1. The van der Waals surface area contributed by atoms with Gasteiger partial charge >= 0.3 is 12.6 Å². The van der Waals surface area contributed by atoms with Crippen LogP contribution in [-0.2, 0) is 4.74 Å². The van der Waals surface area contributed by atoms with E-state index in [1.54, 1.807) is 0 Å². The van der Waals surface area contributed by atoms with E-state index in [2.05, 4.69) is 4.74 Å². The smallest absolute Gasteiger partial charge is 0.387 e. The van der Waals surface area contributed by atoms with Crippen molar-refractivity contribution in [3.8, 4) is 5.75 Å². The van der Waals surface area contributed by atoms with Crippen LogP contribution in [0.4, 0.5) is 14.5 Å². The van der Waals surface area contributed by atoms with Gasteiger partial charge in [-0.3, -0.25) is 14.9 Å². The van der Waals surface area contributed by atoms with Gasteiger partial charge in [-0.15, -0.1) is 0 Å². The Morgan fingerprint density at radius 1 is 1.15 bits per heavy atom. The number of halogens is 3. The van der Waals surface area contributed by atoms with Crippen molar-refractivity contribution in [3.63, 3.8) is 0 Å². The molecule has 0 spiro atoms. The molecule has 0 aliphatic carbocycles. The zero-order valence-corrected chi connectivity index (χ0v) is 14.5. The SMILES string of the molecule is C[C@H](OC(=O)c1cc([N+](=O)[O-])ccc1Cl)C(=O)c1ccc(OC(F)F)cc1. The zero-order valence-electron chi connectivity index (χ0n) is 13.7. The van der Waals surface area contributed by atoms with Crippen LogP contribution in [0.2, 0.25) is 5.02 Å². The van der Waals surface area contributed by atoms with Crippen molar-refractivity contribution in [2.24, 2.45) is 0 Å². The number of non-ortho nitro benzene ring substituents is 1. The normalized spacial score (nSPS) is 11.7. The van der Waals surface area contributed by atoms with Crippen LogP contribution in [0.3, 0.4) is 0 Å². The van der Waals surface area contributed by atoms with Crippen LogP contribution in [-0.4, -0.2) is 29.4 Å². The Morgan fingerprint density at radius 2 is 1.78 bits per heavy atom. The van der Waals surface area contributed by atoms with Crippen LogP contribution in [0.15, 0.2) is 42.5 Å². The molecule has 0 aromatic heterocycles. The second-order valence-electron chi connectivity index (χ2n) is 5.24. The summed E-state index contributed by atoms with van der Waals surface area (Å²) in [6.07, 6.45) is -1.24. The quantitative estimate of drug-likeness (QED) is 0.298. The largest absolute Gasteiger partial charge is 0.451 e. The first kappa shape index (κ1) is 20.2. The van der Waals surface area contributed by atoms with E-state index in [-0.39, 0.29) is 27.6 Å². The van der Waals surface area contributed by atoms with Crippen LogP contribution >= 0.6 is 11.6 Å². The summed E-state index contributed by atoms with van der Waals surface area (Å²) in [5.41, 5.74) is -0.520. The summed E-state index contributed by atoms with van der Waals surface area (Å²) in [7, 11) is 0. The van der Waals surface area contributed by atoms with Gasteiger partial charge < -0.3 is 9.47 Å². The van der Waals surface area contributed by atoms with Crippen LogP contribution in [0, 0.1) is 10.1 Å². The molecule has 0 amide bonds. The van der Waals surface area contributed by atoms with Crippen molar-refractivity contribution in [2.75, 3.05) is 0 Å². The average molecular weight is 400 g/mol. The standard InChI is InChI=1S/C17H12ClF2NO6/c1-9(15(22)10-2-5-12(6-3-10)27-17(19)20)26-16(23)13-8-11(21(24)25)4-7-14(13)18/h2-9,17H,1H3/t9-/m0/s1. The molecule has 0 fully saturated rings. The number of ketones is 1. The highest BCUT2D eigenvalue weighted by Crippen LogP contribution is 2.24. The van der Waals surface area contributed by atoms with Gasteiger partial charge in [-0.05, 0) is 37.3 Å². The summed E-state index contributed by atoms with van der Waals surface area (Å²) in [6, 6.07) is 8.06. The van der Waals surface area contributed by atoms with E-state index >= 15 is 0 Å². The van der Waals surface area contributed by atoms with Gasteiger partial charge in [-0.1, -0.05) is 11.6 Å². The molecule has 0 heterocycles. The van der Waals surface area contributed by atoms with Gasteiger partial charge in [0.1, 0.15) is 5.75 Å². The maximum absolute atomic E-state index is 12.3. The van der Waals surface area contributed by atoms with Gasteiger partial charge in [-0.25, -0.2) is 4.79 Å². The van der Waals surface area contributed by atoms with Gasteiger partial charge in [0.15, 0.2) is 6.10 Å². The van der Waals surface area contributed by atoms with Crippen LogP contribution in [0.25, 0.3) is 0 Å². The predicted octanol–water partition coefficient (Wildman–Crippen LogP) is 4.28. The monoisotopic (exact) mass is 399 g/mol. The third-order valence-corrected chi connectivity index (χ3v) is 3.73. The minimum absolute atomic E-state index is 0.0706. The lowest BCUT2D eigenvalue weighted by Gasteiger charge is -2.13. The Bertz CT molecular complexity index is 872. The van der Waals surface area contributed by atoms with E-state index in [4.69, 9.17) is 16.3 Å². The van der Waals surface area contributed by atoms with Crippen molar-refractivity contribution in [2.45, 2.75) is 19.6 Å². The maximum atomic E-state index is 12.3. The number of carbonyl (C=O) groups is 2. The number of hydrogen-bond donors (Lipinski definition) is 0. The molecule has 7 nitrogen and oxygen atoms in total. The topological polar surface area (TPSA) is 95.7 Å². The minimum Gasteiger partial charge on any atom is -0.451 e. The van der Waals surface area contributed by atoms with Gasteiger partial charge in [-0.2, -0.15) is 8.78 Å². The van der Waals surface area contributed by atoms with Crippen molar-refractivity contribution in [3.05, 3.63) is 68.7 Å². The fourth-order valence-electron chi connectivity index (χ4n) is 2.10. The highest BCUT2D eigenvalue weighted by molar-refractivity contribution is 6.33. The number of nitrogens with zero attached hydrogens (tertiary/aromatic N) is 1. The Morgan fingerprint density at radius 3 is 2.33 bits per heavy atom. The Hall–Kier alpha value is -3.07. The highest BCUT2D eigenvalue weighted by atomic mass is 35.5. The number of esters is 1. The molecule has 10 heteroatoms. The minimum atomic E-state index is -2.99. The molecule has 27 heavy (non-hydrogen) atoms. The van der Waals surface area contributed by atoms with Gasteiger partial charge in [0, 0.05) is 17.7 Å². The summed E-state index contributed by atoms with van der Waals surface area (Å²) >= 11 is 5.85. The highest BCUT2D eigenvalue weighted by Gasteiger charge is 2.23. The number of rotatable bonds is 7. The Kier molecular flexibility index (Phi) is 6.40. The fourth-order valence-corrected chi connectivity index (χ4v) is 2.29. The maximum Gasteiger partial charge on any atom is 0.387 e. The first-order chi connectivity index (χ1) is 12.7. The third-order valence-electron chi connectivity index (χ3n) is 3.40. The molecular weight excluding hydrogens is 388 g/mol. The number of nitro groups is 1. The van der Waals surface area contributed by atoms with E-state index < -0.39 is 29.4 Å². The molecule has 142 valence electrons. The van der Waals surface area contributed by atoms with Crippen LogP contribution < -0.4 is 4.74 Å². The van der Waals surface area contributed by atoms with Crippen LogP contribution in [0.5, 0.6) is 5.75 Å². The molecule has 0 aliphatic heterocycles. The molecule has 0 aliphatic rings. The Balaban J connectivity index is 2.11. The van der Waals surface area contributed by atoms with Gasteiger partial charge in [0.05, 0.1) is 15.5 Å². The molecule has 0 N–H and O–H groups in total. The van der Waals surface area contributed by atoms with Gasteiger partial charge in [0.25, 0.3) is 5.69 Å². The van der Waals surface area contributed by atoms with Crippen molar-refractivity contribution >= 4 is 29.0 Å². The van der Waals surface area contributed by atoms with Crippen LogP contribution in [0.1, 0.15) is 27.6 Å². The second-order valence-corrected chi connectivity index (χ2v) is 5.64. The van der Waals surface area contributed by atoms with E-state index in [1.807, 2.05) is 0 Å². The molecule has 0 radical (unpaired) electrons. The lowest BCUT2D eigenvalue weighted by atomic mass is 10.1. The van der Waals surface area contributed by atoms with E-state index in [0.717, 1.165) is 12.1 Å². The molecule has 2 aromatic rings. The predicted molar refractivity (Wildman–Crippen MR) is 90.4 cm³/mol. The number of nitro benzene ring substituents is 1. The van der Waals surface area contributed by atoms with E-state index in [1.165, 1.54) is 37.3 Å². The first-order valence-electron chi connectivity index (χ1n) is 7.43. The average Bonchev–Trinajstić information content (AvgIpc) is 2.61. The lowest BCUT2D eigenvalue weighted by molar-refractivity contribution is -0.384. The first-order valence-corrected chi connectivity index (χ1v) is 7.81. The number of alkyl halides is 2. The fraction of sp³-hybridized carbons (Fsp3) is 0.176. The molecule has 0 saturated carbocycles. The summed E-state index contributed by atoms with van der Waals surface area (Å²) < 4.78 is 33.4. The second kappa shape index (κ2) is 8.54. The molecule has 0 bridgehead atoms. The van der Waals surface area contributed by atoms with E-state index in [0.29, 0.717) is 0 Å². The Labute approximate surface area is 156 Å². The number of hydrogen-bond acceptors (Lipinski definition) is 6. The molecule has 0 unspecified atom stereocenters. The molecule has 0 saturated heterocycles. The number of Topliss-reactive ketones (excluding diaryl/α,β-unsaturated/α-hetero) is 1. The van der Waals surface area contributed by atoms with Crippen molar-refractivity contribution in [1.82, 2.24) is 0 Å². The summed E-state index contributed by atoms with van der Waals surface area (Å²) in [5.74, 6) is -1.75. The summed E-state index contributed by atoms with van der Waals surface area (Å²) in [4.78, 5) is 34.6. The van der Waals surface area contributed by atoms with E-state index in [9.17, 15) is 28.5 Å².